The van der Waals surface area contributed by atoms with E-state index in [-0.39, 0.29) is 18.4 Å². The number of amides is 2. The molecule has 0 saturated heterocycles. The standard InChI is InChI=1S/C17H18N2O4/c1-5-8-23-13-7-6-12(9-14(13)22-4)16-15(11(3)20)10(2)18-17(21)19-16/h1,6-7,9,16H,8H2,2-4H3,(H2,18,19,21)/t16-/m1/s1. The summed E-state index contributed by atoms with van der Waals surface area (Å²) in [5.41, 5.74) is 1.76. The Kier molecular flexibility index (Phi) is 4.91. The molecule has 6 heteroatoms. The fraction of sp³-hybridized carbons (Fsp3) is 0.294. The largest absolute Gasteiger partial charge is 0.493 e. The SMILES string of the molecule is C#CCOc1ccc([C@H]2NC(=O)NC(C)=C2C(C)=O)cc1OC. The highest BCUT2D eigenvalue weighted by molar-refractivity contribution is 5.98. The second-order valence-electron chi connectivity index (χ2n) is 5.03. The number of Topliss-reactive ketones (excluding diaryl/α,β-unsaturated/α-hetero) is 1. The Labute approximate surface area is 134 Å². The number of hydrogen-bond acceptors (Lipinski definition) is 4. The van der Waals surface area contributed by atoms with Gasteiger partial charge in [-0.3, -0.25) is 4.79 Å². The number of hydrogen-bond donors (Lipinski definition) is 2. The number of ether oxygens (including phenoxy) is 2. The first-order chi connectivity index (χ1) is 11.0. The summed E-state index contributed by atoms with van der Waals surface area (Å²) in [5, 5.41) is 5.36. The number of methoxy groups -OCH3 is 1. The second kappa shape index (κ2) is 6.88. The van der Waals surface area contributed by atoms with Crippen molar-refractivity contribution in [2.45, 2.75) is 19.9 Å². The van der Waals surface area contributed by atoms with Crippen molar-refractivity contribution in [2.24, 2.45) is 0 Å². The fourth-order valence-corrected chi connectivity index (χ4v) is 2.51. The summed E-state index contributed by atoms with van der Waals surface area (Å²) in [6.45, 7) is 3.29. The summed E-state index contributed by atoms with van der Waals surface area (Å²) in [6.07, 6.45) is 5.18. The van der Waals surface area contributed by atoms with E-state index in [4.69, 9.17) is 15.9 Å². The molecular formula is C17H18N2O4. The van der Waals surface area contributed by atoms with Crippen molar-refractivity contribution in [3.05, 3.63) is 35.0 Å². The molecule has 2 N–H and O–H groups in total. The van der Waals surface area contributed by atoms with E-state index in [0.717, 1.165) is 0 Å². The summed E-state index contributed by atoms with van der Waals surface area (Å²) in [5.74, 6) is 3.24. The first-order valence-corrected chi connectivity index (χ1v) is 7.01. The molecule has 1 aliphatic rings. The van der Waals surface area contributed by atoms with E-state index < -0.39 is 6.04 Å². The average molecular weight is 314 g/mol. The smallest absolute Gasteiger partial charge is 0.319 e. The third-order valence-corrected chi connectivity index (χ3v) is 3.48. The van der Waals surface area contributed by atoms with Gasteiger partial charge >= 0.3 is 6.03 Å². The van der Waals surface area contributed by atoms with Crippen LogP contribution >= 0.6 is 0 Å². The molecule has 0 saturated carbocycles. The van der Waals surface area contributed by atoms with Crippen LogP contribution in [-0.2, 0) is 4.79 Å². The van der Waals surface area contributed by atoms with Gasteiger partial charge in [-0.1, -0.05) is 12.0 Å². The lowest BCUT2D eigenvalue weighted by molar-refractivity contribution is -0.114. The number of ketones is 1. The van der Waals surface area contributed by atoms with Crippen LogP contribution in [0.15, 0.2) is 29.5 Å². The van der Waals surface area contributed by atoms with Gasteiger partial charge in [-0.25, -0.2) is 4.79 Å². The van der Waals surface area contributed by atoms with E-state index in [1.807, 2.05) is 0 Å². The minimum atomic E-state index is -0.545. The number of terminal acetylenes is 1. The number of rotatable bonds is 5. The van der Waals surface area contributed by atoms with Crippen molar-refractivity contribution in [1.29, 1.82) is 0 Å². The van der Waals surface area contributed by atoms with Crippen molar-refractivity contribution >= 4 is 11.8 Å². The molecule has 120 valence electrons. The quantitative estimate of drug-likeness (QED) is 0.814. The summed E-state index contributed by atoms with van der Waals surface area (Å²) >= 11 is 0. The molecule has 0 spiro atoms. The zero-order valence-corrected chi connectivity index (χ0v) is 13.2. The summed E-state index contributed by atoms with van der Waals surface area (Å²) in [7, 11) is 1.51. The van der Waals surface area contributed by atoms with E-state index >= 15 is 0 Å². The maximum Gasteiger partial charge on any atom is 0.319 e. The Morgan fingerprint density at radius 2 is 2.13 bits per heavy atom. The third-order valence-electron chi connectivity index (χ3n) is 3.48. The zero-order valence-electron chi connectivity index (χ0n) is 13.2. The van der Waals surface area contributed by atoms with Crippen molar-refractivity contribution < 1.29 is 19.1 Å². The Morgan fingerprint density at radius 1 is 1.39 bits per heavy atom. The van der Waals surface area contributed by atoms with Gasteiger partial charge in [0.15, 0.2) is 17.3 Å². The van der Waals surface area contributed by atoms with Gasteiger partial charge in [-0.15, -0.1) is 6.42 Å². The predicted molar refractivity (Wildman–Crippen MR) is 85.1 cm³/mol. The van der Waals surface area contributed by atoms with Crippen LogP contribution in [0.2, 0.25) is 0 Å². The van der Waals surface area contributed by atoms with E-state index in [1.54, 1.807) is 25.1 Å². The van der Waals surface area contributed by atoms with Gasteiger partial charge in [0.05, 0.1) is 13.2 Å². The maximum absolute atomic E-state index is 11.9. The van der Waals surface area contributed by atoms with Crippen LogP contribution in [0.1, 0.15) is 25.5 Å². The van der Waals surface area contributed by atoms with Gasteiger partial charge < -0.3 is 20.1 Å². The second-order valence-corrected chi connectivity index (χ2v) is 5.03. The first-order valence-electron chi connectivity index (χ1n) is 7.01. The van der Waals surface area contributed by atoms with Gasteiger partial charge in [0, 0.05) is 11.3 Å². The minimum absolute atomic E-state index is 0.119. The Hall–Kier alpha value is -2.94. The molecule has 0 radical (unpaired) electrons. The molecule has 2 rings (SSSR count). The molecule has 23 heavy (non-hydrogen) atoms. The van der Waals surface area contributed by atoms with E-state index in [2.05, 4.69) is 16.6 Å². The van der Waals surface area contributed by atoms with Gasteiger partial charge in [-0.05, 0) is 31.5 Å². The lowest BCUT2D eigenvalue weighted by atomic mass is 9.93. The minimum Gasteiger partial charge on any atom is -0.493 e. The fourth-order valence-electron chi connectivity index (χ4n) is 2.51. The highest BCUT2D eigenvalue weighted by Gasteiger charge is 2.29. The summed E-state index contributed by atoms with van der Waals surface area (Å²) in [4.78, 5) is 23.7. The molecule has 1 aromatic rings. The summed E-state index contributed by atoms with van der Waals surface area (Å²) < 4.78 is 10.7. The van der Waals surface area contributed by atoms with Crippen molar-refractivity contribution in [2.75, 3.05) is 13.7 Å². The lowest BCUT2D eigenvalue weighted by Gasteiger charge is -2.28. The van der Waals surface area contributed by atoms with E-state index in [1.165, 1.54) is 14.0 Å². The number of benzene rings is 1. The van der Waals surface area contributed by atoms with Crippen LogP contribution in [0.4, 0.5) is 4.79 Å². The van der Waals surface area contributed by atoms with E-state index in [0.29, 0.717) is 28.3 Å². The molecule has 0 aliphatic carbocycles. The van der Waals surface area contributed by atoms with E-state index in [9.17, 15) is 9.59 Å². The van der Waals surface area contributed by atoms with Crippen LogP contribution in [-0.4, -0.2) is 25.5 Å². The molecule has 1 heterocycles. The highest BCUT2D eigenvalue weighted by atomic mass is 16.5. The monoisotopic (exact) mass is 314 g/mol. The Balaban J connectivity index is 2.44. The van der Waals surface area contributed by atoms with Crippen molar-refractivity contribution in [3.63, 3.8) is 0 Å². The Morgan fingerprint density at radius 3 is 2.74 bits per heavy atom. The van der Waals surface area contributed by atoms with Gasteiger partial charge in [-0.2, -0.15) is 0 Å². The van der Waals surface area contributed by atoms with Crippen LogP contribution < -0.4 is 20.1 Å². The zero-order chi connectivity index (χ0) is 17.0. The molecule has 1 atom stereocenters. The lowest BCUT2D eigenvalue weighted by Crippen LogP contribution is -2.44. The first kappa shape index (κ1) is 16.4. The summed E-state index contributed by atoms with van der Waals surface area (Å²) in [6, 6.07) is 4.28. The molecule has 2 amide bonds. The highest BCUT2D eigenvalue weighted by Crippen LogP contribution is 2.34. The van der Waals surface area contributed by atoms with Gasteiger partial charge in [0.1, 0.15) is 6.61 Å². The molecule has 1 aromatic carbocycles. The maximum atomic E-state index is 11.9. The molecule has 0 aromatic heterocycles. The molecular weight excluding hydrogens is 296 g/mol. The molecule has 1 aliphatic heterocycles. The van der Waals surface area contributed by atoms with Crippen LogP contribution in [0, 0.1) is 12.3 Å². The number of nitrogens with one attached hydrogen (secondary N) is 2. The van der Waals surface area contributed by atoms with Crippen LogP contribution in [0.5, 0.6) is 11.5 Å². The van der Waals surface area contributed by atoms with Gasteiger partial charge in [0.25, 0.3) is 0 Å². The number of carbonyl (C=O) groups is 2. The molecule has 6 nitrogen and oxygen atoms in total. The van der Waals surface area contributed by atoms with Gasteiger partial charge in [0.2, 0.25) is 0 Å². The molecule has 0 unspecified atom stereocenters. The van der Waals surface area contributed by atoms with Crippen LogP contribution in [0.3, 0.4) is 0 Å². The Bertz CT molecular complexity index is 716. The number of allylic oxidation sites excluding steroid dienone is 1. The average Bonchev–Trinajstić information content (AvgIpc) is 2.51. The molecule has 0 bridgehead atoms. The van der Waals surface area contributed by atoms with Crippen molar-refractivity contribution in [3.8, 4) is 23.8 Å². The van der Waals surface area contributed by atoms with Crippen LogP contribution in [0.25, 0.3) is 0 Å². The topological polar surface area (TPSA) is 76.7 Å². The third kappa shape index (κ3) is 3.46. The molecule has 0 fully saturated rings. The van der Waals surface area contributed by atoms with Crippen molar-refractivity contribution in [1.82, 2.24) is 10.6 Å². The number of carbonyl (C=O) groups excluding carboxylic acids is 2. The predicted octanol–water partition coefficient (Wildman–Crippen LogP) is 1.92. The normalized spacial score (nSPS) is 17.0. The number of urea groups is 1.